The number of benzene rings is 2. The average Bonchev–Trinajstić information content (AvgIpc) is 3.26. The number of hydrogen-bond acceptors (Lipinski definition) is 4. The molecule has 0 atom stereocenters. The second kappa shape index (κ2) is 5.04. The molecule has 1 saturated carbocycles. The van der Waals surface area contributed by atoms with E-state index in [4.69, 9.17) is 5.73 Å². The van der Waals surface area contributed by atoms with Crippen molar-refractivity contribution in [2.45, 2.75) is 25.4 Å². The number of aromatic nitrogens is 1. The molecule has 1 aromatic heterocycles. The van der Waals surface area contributed by atoms with Crippen LogP contribution in [0.4, 0.5) is 10.7 Å². The van der Waals surface area contributed by atoms with Gasteiger partial charge < -0.3 is 10.6 Å². The fourth-order valence-corrected chi connectivity index (χ4v) is 3.59. The standard InChI is InChI=1S/C17H17N3S/c18-13-7-5-12(6-8-13)11-20(14-9-10-14)17-15-3-1-2-4-16(15)19-21-17/h1-8,14H,9-11,18H2. The van der Waals surface area contributed by atoms with Gasteiger partial charge >= 0.3 is 0 Å². The summed E-state index contributed by atoms with van der Waals surface area (Å²) in [7, 11) is 0. The van der Waals surface area contributed by atoms with Crippen molar-refractivity contribution in [2.75, 3.05) is 10.6 Å². The highest BCUT2D eigenvalue weighted by molar-refractivity contribution is 7.11. The normalized spacial score (nSPS) is 14.5. The minimum Gasteiger partial charge on any atom is -0.399 e. The minimum absolute atomic E-state index is 0.659. The number of nitrogens with zero attached hydrogens (tertiary/aromatic N) is 2. The molecule has 0 spiro atoms. The van der Waals surface area contributed by atoms with Crippen LogP contribution in [0.1, 0.15) is 18.4 Å². The molecule has 2 N–H and O–H groups in total. The van der Waals surface area contributed by atoms with Gasteiger partial charge in [0.05, 0.1) is 5.52 Å². The second-order valence-corrected chi connectivity index (χ2v) is 6.36. The summed E-state index contributed by atoms with van der Waals surface area (Å²) in [4.78, 5) is 2.51. The van der Waals surface area contributed by atoms with E-state index >= 15 is 0 Å². The van der Waals surface area contributed by atoms with Crippen LogP contribution in [0.25, 0.3) is 10.9 Å². The number of nitrogens with two attached hydrogens (primary N) is 1. The largest absolute Gasteiger partial charge is 0.399 e. The molecule has 3 aromatic rings. The maximum absolute atomic E-state index is 5.78. The van der Waals surface area contributed by atoms with Gasteiger partial charge in [-0.3, -0.25) is 0 Å². The summed E-state index contributed by atoms with van der Waals surface area (Å²) in [5.74, 6) is 0. The van der Waals surface area contributed by atoms with Crippen molar-refractivity contribution in [3.63, 3.8) is 0 Å². The Morgan fingerprint density at radius 1 is 1.10 bits per heavy atom. The third-order valence-electron chi connectivity index (χ3n) is 3.95. The van der Waals surface area contributed by atoms with Crippen molar-refractivity contribution >= 4 is 33.1 Å². The Balaban J connectivity index is 1.70. The van der Waals surface area contributed by atoms with Crippen LogP contribution in [-0.2, 0) is 6.54 Å². The molecule has 1 heterocycles. The highest BCUT2D eigenvalue weighted by Gasteiger charge is 2.31. The molecule has 1 aliphatic carbocycles. The monoisotopic (exact) mass is 295 g/mol. The molecule has 1 fully saturated rings. The van der Waals surface area contributed by atoms with Crippen molar-refractivity contribution in [3.05, 3.63) is 54.1 Å². The van der Waals surface area contributed by atoms with E-state index in [-0.39, 0.29) is 0 Å². The molecule has 2 aromatic carbocycles. The molecule has 1 aliphatic rings. The predicted molar refractivity (Wildman–Crippen MR) is 89.7 cm³/mol. The molecule has 21 heavy (non-hydrogen) atoms. The van der Waals surface area contributed by atoms with Crippen LogP contribution in [0.2, 0.25) is 0 Å². The lowest BCUT2D eigenvalue weighted by Crippen LogP contribution is -2.24. The first-order valence-corrected chi connectivity index (χ1v) is 8.04. The summed E-state index contributed by atoms with van der Waals surface area (Å²) >= 11 is 1.61. The van der Waals surface area contributed by atoms with E-state index in [9.17, 15) is 0 Å². The van der Waals surface area contributed by atoms with E-state index in [0.29, 0.717) is 6.04 Å². The lowest BCUT2D eigenvalue weighted by Gasteiger charge is -2.23. The summed E-state index contributed by atoms with van der Waals surface area (Å²) in [6.07, 6.45) is 2.56. The summed E-state index contributed by atoms with van der Waals surface area (Å²) in [5, 5.41) is 2.56. The van der Waals surface area contributed by atoms with Crippen LogP contribution in [0.3, 0.4) is 0 Å². The van der Waals surface area contributed by atoms with E-state index in [1.165, 1.54) is 28.8 Å². The summed E-state index contributed by atoms with van der Waals surface area (Å²) < 4.78 is 4.59. The van der Waals surface area contributed by atoms with Crippen LogP contribution in [-0.4, -0.2) is 10.4 Å². The highest BCUT2D eigenvalue weighted by atomic mass is 32.1. The molecular weight excluding hydrogens is 278 g/mol. The summed E-state index contributed by atoms with van der Waals surface area (Å²) in [6.45, 7) is 0.928. The first-order chi connectivity index (χ1) is 10.3. The summed E-state index contributed by atoms with van der Waals surface area (Å²) in [5.41, 5.74) is 8.99. The fourth-order valence-electron chi connectivity index (χ4n) is 2.66. The van der Waals surface area contributed by atoms with Gasteiger partial charge in [0.2, 0.25) is 0 Å². The van der Waals surface area contributed by atoms with E-state index in [2.05, 4.69) is 39.6 Å². The number of fused-ring (bicyclic) bond motifs is 1. The van der Waals surface area contributed by atoms with Crippen LogP contribution in [0.15, 0.2) is 48.5 Å². The maximum Gasteiger partial charge on any atom is 0.120 e. The van der Waals surface area contributed by atoms with Gasteiger partial charge in [-0.15, -0.1) is 0 Å². The first-order valence-electron chi connectivity index (χ1n) is 7.27. The molecule has 0 unspecified atom stereocenters. The third-order valence-corrected chi connectivity index (χ3v) is 4.86. The molecule has 4 rings (SSSR count). The zero-order chi connectivity index (χ0) is 14.2. The van der Waals surface area contributed by atoms with Crippen molar-refractivity contribution in [1.29, 1.82) is 0 Å². The quantitative estimate of drug-likeness (QED) is 0.738. The molecule has 0 radical (unpaired) electrons. The van der Waals surface area contributed by atoms with E-state index < -0.39 is 0 Å². The average molecular weight is 295 g/mol. The molecule has 0 saturated heterocycles. The lowest BCUT2D eigenvalue weighted by molar-refractivity contribution is 0.806. The van der Waals surface area contributed by atoms with Crippen molar-refractivity contribution in [2.24, 2.45) is 0 Å². The molecule has 4 heteroatoms. The van der Waals surface area contributed by atoms with Crippen LogP contribution in [0, 0.1) is 0 Å². The molecule has 0 bridgehead atoms. The molecule has 0 amide bonds. The Hall–Kier alpha value is -2.07. The minimum atomic E-state index is 0.659. The van der Waals surface area contributed by atoms with Gasteiger partial charge in [-0.05, 0) is 54.2 Å². The Morgan fingerprint density at radius 3 is 2.62 bits per heavy atom. The third kappa shape index (κ3) is 2.47. The summed E-state index contributed by atoms with van der Waals surface area (Å²) in [6, 6.07) is 17.3. The Kier molecular flexibility index (Phi) is 3.04. The van der Waals surface area contributed by atoms with Gasteiger partial charge in [0.1, 0.15) is 5.00 Å². The SMILES string of the molecule is Nc1ccc(CN(c2snc3ccccc23)C2CC2)cc1. The topological polar surface area (TPSA) is 42.1 Å². The van der Waals surface area contributed by atoms with E-state index in [0.717, 1.165) is 17.7 Å². The Morgan fingerprint density at radius 2 is 1.86 bits per heavy atom. The van der Waals surface area contributed by atoms with Crippen LogP contribution >= 0.6 is 11.5 Å². The Bertz CT molecular complexity index is 759. The van der Waals surface area contributed by atoms with E-state index in [1.807, 2.05) is 18.2 Å². The van der Waals surface area contributed by atoms with Crippen molar-refractivity contribution in [1.82, 2.24) is 4.37 Å². The van der Waals surface area contributed by atoms with Gasteiger partial charge in [0.15, 0.2) is 0 Å². The van der Waals surface area contributed by atoms with Gasteiger partial charge in [0.25, 0.3) is 0 Å². The Labute approximate surface area is 128 Å². The number of anilines is 2. The molecule has 0 aliphatic heterocycles. The zero-order valence-corrected chi connectivity index (χ0v) is 12.5. The van der Waals surface area contributed by atoms with Crippen LogP contribution in [0.5, 0.6) is 0 Å². The van der Waals surface area contributed by atoms with Gasteiger partial charge in [0, 0.05) is 23.7 Å². The predicted octanol–water partition coefficient (Wildman–Crippen LogP) is 4.05. The van der Waals surface area contributed by atoms with Crippen LogP contribution < -0.4 is 10.6 Å². The van der Waals surface area contributed by atoms with Gasteiger partial charge in [-0.2, -0.15) is 4.37 Å². The number of rotatable bonds is 4. The lowest BCUT2D eigenvalue weighted by atomic mass is 10.2. The van der Waals surface area contributed by atoms with Crippen molar-refractivity contribution in [3.8, 4) is 0 Å². The number of hydrogen-bond donors (Lipinski definition) is 1. The second-order valence-electron chi connectivity index (χ2n) is 5.61. The van der Waals surface area contributed by atoms with Gasteiger partial charge in [-0.1, -0.05) is 24.3 Å². The first kappa shape index (κ1) is 12.7. The maximum atomic E-state index is 5.78. The van der Waals surface area contributed by atoms with Crippen molar-refractivity contribution < 1.29 is 0 Å². The highest BCUT2D eigenvalue weighted by Crippen LogP contribution is 2.39. The van der Waals surface area contributed by atoms with E-state index in [1.54, 1.807) is 11.5 Å². The van der Waals surface area contributed by atoms with Gasteiger partial charge in [-0.25, -0.2) is 0 Å². The molecule has 106 valence electrons. The molecular formula is C17H17N3S. The zero-order valence-electron chi connectivity index (χ0n) is 11.7. The molecule has 3 nitrogen and oxygen atoms in total. The number of nitrogen functional groups attached to an aromatic ring is 1. The fraction of sp³-hybridized carbons (Fsp3) is 0.235. The smallest absolute Gasteiger partial charge is 0.120 e.